The zero-order valence-corrected chi connectivity index (χ0v) is 18.8. The number of nitro benzene ring substituents is 1. The molecule has 3 aromatic carbocycles. The van der Waals surface area contributed by atoms with Gasteiger partial charge in [0.15, 0.2) is 0 Å². The number of non-ortho nitro benzene ring substituents is 1. The van der Waals surface area contributed by atoms with Crippen LogP contribution in [0.3, 0.4) is 0 Å². The maximum atomic E-state index is 13.3. The van der Waals surface area contributed by atoms with Crippen molar-refractivity contribution < 1.29 is 24.4 Å². The number of aliphatic hydroxyl groups is 1. The number of rotatable bonds is 5. The fourth-order valence-corrected chi connectivity index (χ4v) is 4.08. The van der Waals surface area contributed by atoms with Crippen molar-refractivity contribution in [2.24, 2.45) is 0 Å². The van der Waals surface area contributed by atoms with Crippen LogP contribution in [-0.2, 0) is 9.59 Å². The molecule has 1 N–H and O–H groups in total. The van der Waals surface area contributed by atoms with Crippen molar-refractivity contribution in [3.8, 4) is 5.75 Å². The summed E-state index contributed by atoms with van der Waals surface area (Å²) < 4.78 is 5.34. The molecular formula is C26H22N2O6. The number of methoxy groups -OCH3 is 1. The van der Waals surface area contributed by atoms with Crippen molar-refractivity contribution in [3.63, 3.8) is 0 Å². The van der Waals surface area contributed by atoms with Crippen LogP contribution in [-0.4, -0.2) is 28.8 Å². The van der Waals surface area contributed by atoms with Gasteiger partial charge in [0.25, 0.3) is 17.4 Å². The van der Waals surface area contributed by atoms with E-state index in [0.29, 0.717) is 17.0 Å². The Morgan fingerprint density at radius 2 is 1.74 bits per heavy atom. The van der Waals surface area contributed by atoms with Crippen LogP contribution >= 0.6 is 0 Å². The summed E-state index contributed by atoms with van der Waals surface area (Å²) in [5.74, 6) is -1.50. The first kappa shape index (κ1) is 22.7. The van der Waals surface area contributed by atoms with E-state index in [4.69, 9.17) is 4.74 Å². The van der Waals surface area contributed by atoms with E-state index in [0.717, 1.165) is 11.1 Å². The second-order valence-electron chi connectivity index (χ2n) is 8.04. The van der Waals surface area contributed by atoms with Crippen molar-refractivity contribution in [1.82, 2.24) is 0 Å². The van der Waals surface area contributed by atoms with Crippen LogP contribution in [0, 0.1) is 24.0 Å². The monoisotopic (exact) mass is 458 g/mol. The minimum atomic E-state index is -0.925. The normalized spacial score (nSPS) is 17.1. The van der Waals surface area contributed by atoms with Crippen molar-refractivity contribution >= 4 is 28.8 Å². The van der Waals surface area contributed by atoms with Crippen molar-refractivity contribution in [1.29, 1.82) is 0 Å². The van der Waals surface area contributed by atoms with E-state index in [1.165, 1.54) is 36.3 Å². The average molecular weight is 458 g/mol. The second-order valence-corrected chi connectivity index (χ2v) is 8.04. The summed E-state index contributed by atoms with van der Waals surface area (Å²) in [7, 11) is 1.51. The number of ether oxygens (including phenoxy) is 1. The molecule has 8 nitrogen and oxygen atoms in total. The topological polar surface area (TPSA) is 110 Å². The molecule has 1 saturated heterocycles. The molecule has 0 spiro atoms. The molecule has 3 aromatic rings. The molecule has 1 aliphatic heterocycles. The van der Waals surface area contributed by atoms with Crippen LogP contribution in [0.1, 0.15) is 28.3 Å². The Kier molecular flexibility index (Phi) is 5.89. The van der Waals surface area contributed by atoms with E-state index in [2.05, 4.69) is 0 Å². The van der Waals surface area contributed by atoms with Gasteiger partial charge in [-0.1, -0.05) is 24.3 Å². The van der Waals surface area contributed by atoms with Gasteiger partial charge in [0.2, 0.25) is 0 Å². The molecule has 1 atom stereocenters. The second kappa shape index (κ2) is 8.82. The van der Waals surface area contributed by atoms with E-state index in [-0.39, 0.29) is 16.8 Å². The zero-order chi connectivity index (χ0) is 24.6. The predicted molar refractivity (Wildman–Crippen MR) is 127 cm³/mol. The maximum absolute atomic E-state index is 13.3. The Morgan fingerprint density at radius 1 is 1.03 bits per heavy atom. The molecule has 1 fully saturated rings. The van der Waals surface area contributed by atoms with Crippen molar-refractivity contribution in [2.75, 3.05) is 12.0 Å². The highest BCUT2D eigenvalue weighted by molar-refractivity contribution is 6.51. The highest BCUT2D eigenvalue weighted by Gasteiger charge is 2.47. The van der Waals surface area contributed by atoms with Gasteiger partial charge in [-0.15, -0.1) is 0 Å². The summed E-state index contributed by atoms with van der Waals surface area (Å²) in [5.41, 5.74) is 2.75. The maximum Gasteiger partial charge on any atom is 0.300 e. The van der Waals surface area contributed by atoms with Crippen LogP contribution in [0.25, 0.3) is 5.76 Å². The molecule has 0 aliphatic carbocycles. The van der Waals surface area contributed by atoms with E-state index in [1.54, 1.807) is 24.3 Å². The zero-order valence-electron chi connectivity index (χ0n) is 18.8. The fourth-order valence-electron chi connectivity index (χ4n) is 4.08. The molecule has 1 unspecified atom stereocenters. The molecule has 1 aliphatic rings. The summed E-state index contributed by atoms with van der Waals surface area (Å²) >= 11 is 0. The van der Waals surface area contributed by atoms with Gasteiger partial charge in [0, 0.05) is 23.4 Å². The Balaban J connectivity index is 1.96. The molecular weight excluding hydrogens is 436 g/mol. The molecule has 1 heterocycles. The molecule has 172 valence electrons. The number of benzene rings is 3. The van der Waals surface area contributed by atoms with E-state index in [9.17, 15) is 24.8 Å². The third-order valence-corrected chi connectivity index (χ3v) is 5.83. The first-order valence-corrected chi connectivity index (χ1v) is 10.5. The number of hydrogen-bond acceptors (Lipinski definition) is 6. The third-order valence-electron chi connectivity index (χ3n) is 5.83. The minimum absolute atomic E-state index is 0.104. The number of amides is 1. The number of nitro groups is 1. The van der Waals surface area contributed by atoms with Gasteiger partial charge in [-0.2, -0.15) is 0 Å². The number of carbonyl (C=O) groups is 2. The molecule has 0 saturated carbocycles. The van der Waals surface area contributed by atoms with Gasteiger partial charge in [-0.25, -0.2) is 0 Å². The number of hydrogen-bond donors (Lipinski definition) is 1. The predicted octanol–water partition coefficient (Wildman–Crippen LogP) is 4.85. The van der Waals surface area contributed by atoms with Crippen LogP contribution < -0.4 is 9.64 Å². The highest BCUT2D eigenvalue weighted by atomic mass is 16.6. The first-order chi connectivity index (χ1) is 16.2. The number of ketones is 1. The van der Waals surface area contributed by atoms with Crippen molar-refractivity contribution in [3.05, 3.63) is 105 Å². The molecule has 8 heteroatoms. The van der Waals surface area contributed by atoms with Crippen LogP contribution in [0.15, 0.2) is 72.3 Å². The Labute approximate surface area is 195 Å². The van der Waals surface area contributed by atoms with E-state index < -0.39 is 28.4 Å². The van der Waals surface area contributed by atoms with Crippen LogP contribution in [0.5, 0.6) is 5.75 Å². The number of aryl methyl sites for hydroxylation is 2. The summed E-state index contributed by atoms with van der Waals surface area (Å²) in [5, 5.41) is 22.2. The first-order valence-electron chi connectivity index (χ1n) is 10.5. The van der Waals surface area contributed by atoms with Gasteiger partial charge in [0.05, 0.1) is 23.6 Å². The molecule has 4 rings (SSSR count). The quantitative estimate of drug-likeness (QED) is 0.192. The lowest BCUT2D eigenvalue weighted by molar-refractivity contribution is -0.384. The summed E-state index contributed by atoms with van der Waals surface area (Å²) in [6.07, 6.45) is 0. The summed E-state index contributed by atoms with van der Waals surface area (Å²) in [6.45, 7) is 3.73. The molecule has 1 amide bonds. The number of anilines is 1. The largest absolute Gasteiger partial charge is 0.507 e. The lowest BCUT2D eigenvalue weighted by Gasteiger charge is -2.27. The average Bonchev–Trinajstić information content (AvgIpc) is 3.10. The number of carbonyl (C=O) groups excluding carboxylic acids is 2. The van der Waals surface area contributed by atoms with Crippen LogP contribution in [0.2, 0.25) is 0 Å². The van der Waals surface area contributed by atoms with Crippen molar-refractivity contribution in [2.45, 2.75) is 19.9 Å². The Bertz CT molecular complexity index is 1340. The van der Waals surface area contributed by atoms with Gasteiger partial charge < -0.3 is 9.84 Å². The smallest absolute Gasteiger partial charge is 0.300 e. The van der Waals surface area contributed by atoms with Gasteiger partial charge >= 0.3 is 0 Å². The summed E-state index contributed by atoms with van der Waals surface area (Å²) in [4.78, 5) is 38.4. The summed E-state index contributed by atoms with van der Waals surface area (Å²) in [6, 6.07) is 16.8. The van der Waals surface area contributed by atoms with Gasteiger partial charge in [-0.3, -0.25) is 24.6 Å². The Hall–Kier alpha value is -4.46. The number of Topliss-reactive ketones (excluding diaryl/α,β-unsaturated/α-hetero) is 1. The fraction of sp³-hybridized carbons (Fsp3) is 0.154. The lowest BCUT2D eigenvalue weighted by atomic mass is 9.94. The standard InChI is InChI=1S/C26H22N2O6/c1-15-7-8-16(2)21(13-15)27-23(18-5-4-6-20(14-18)34-3)22(25(30)26(27)31)24(29)17-9-11-19(12-10-17)28(32)33/h4-14,23,29H,1-3H3/b24-22-. The molecule has 34 heavy (non-hydrogen) atoms. The minimum Gasteiger partial charge on any atom is -0.507 e. The lowest BCUT2D eigenvalue weighted by Crippen LogP contribution is -2.30. The molecule has 0 bridgehead atoms. The highest BCUT2D eigenvalue weighted by Crippen LogP contribution is 2.44. The Morgan fingerprint density at radius 3 is 2.38 bits per heavy atom. The number of nitrogens with zero attached hydrogens (tertiary/aromatic N) is 2. The van der Waals surface area contributed by atoms with E-state index >= 15 is 0 Å². The third kappa shape index (κ3) is 3.90. The van der Waals surface area contributed by atoms with Crippen LogP contribution in [0.4, 0.5) is 11.4 Å². The van der Waals surface area contributed by atoms with Gasteiger partial charge in [-0.05, 0) is 60.9 Å². The molecule has 0 aromatic heterocycles. The SMILES string of the molecule is COc1cccc(C2/C(=C(/O)c3ccc([N+](=O)[O-])cc3)C(=O)C(=O)N2c2cc(C)ccc2C)c1. The van der Waals surface area contributed by atoms with E-state index in [1.807, 2.05) is 32.0 Å². The van der Waals surface area contributed by atoms with Gasteiger partial charge in [0.1, 0.15) is 11.5 Å². The molecule has 0 radical (unpaired) electrons. The number of aliphatic hydroxyl groups excluding tert-OH is 1.